The summed E-state index contributed by atoms with van der Waals surface area (Å²) in [4.78, 5) is 12.3. The third-order valence-corrected chi connectivity index (χ3v) is 15.6. The molecule has 43 heavy (non-hydrogen) atoms. The first-order valence-corrected chi connectivity index (χ1v) is 19.2. The van der Waals surface area contributed by atoms with Crippen molar-refractivity contribution in [2.75, 3.05) is 12.9 Å². The second kappa shape index (κ2) is 12.0. The Labute approximate surface area is 262 Å². The third kappa shape index (κ3) is 5.67. The summed E-state index contributed by atoms with van der Waals surface area (Å²) in [6.45, 7) is 12.5. The van der Waals surface area contributed by atoms with Gasteiger partial charge in [-0.15, -0.1) is 0 Å². The number of sulfone groups is 1. The minimum absolute atomic E-state index is 0.0589. The van der Waals surface area contributed by atoms with E-state index in [1.54, 1.807) is 31.4 Å². The Morgan fingerprint density at radius 2 is 1.65 bits per heavy atom. The Morgan fingerprint density at radius 3 is 2.37 bits per heavy atom. The van der Waals surface area contributed by atoms with Crippen LogP contribution in [-0.2, 0) is 24.3 Å². The number of ether oxygens (including phenoxy) is 1. The van der Waals surface area contributed by atoms with Gasteiger partial charge in [0.05, 0.1) is 10.6 Å². The average Bonchev–Trinajstić information content (AvgIpc) is 3.33. The molecule has 5 aliphatic rings. The third-order valence-electron chi connectivity index (χ3n) is 13.8. The standard InChI is InChI=1S/C37H58O5S/c1-25(2)11-10-12-26(3)32-17-18-33-31-16-15-27-23-37(40-6)28(22-36(27,5)34(31)19-20-35(32,33)4)21-29(41-42-37)24-43(38,39)30-13-8-7-9-14-30/h7-9,13-14,25-29,31-34H,10-12,15-24H2,1-6H3/t26-,27+,28-,29-,31+,32-,33+,34+,35-,36+,37+/m1/s1. The van der Waals surface area contributed by atoms with Crippen LogP contribution in [0, 0.1) is 58.2 Å². The fraction of sp³-hybridized carbons (Fsp3) is 0.838. The molecule has 4 saturated carbocycles. The maximum Gasteiger partial charge on any atom is 0.204 e. The first kappa shape index (κ1) is 32.0. The summed E-state index contributed by atoms with van der Waals surface area (Å²) in [5, 5.41) is 0. The van der Waals surface area contributed by atoms with Crippen molar-refractivity contribution in [2.24, 2.45) is 58.2 Å². The molecule has 0 N–H and O–H groups in total. The quantitative estimate of drug-likeness (QED) is 0.260. The minimum atomic E-state index is -3.47. The molecule has 1 aromatic carbocycles. The highest BCUT2D eigenvalue weighted by Crippen LogP contribution is 2.70. The maximum atomic E-state index is 13.2. The molecular weight excluding hydrogens is 556 g/mol. The lowest BCUT2D eigenvalue weighted by Crippen LogP contribution is -2.62. The zero-order valence-electron chi connectivity index (χ0n) is 27.7. The molecule has 0 unspecified atom stereocenters. The summed E-state index contributed by atoms with van der Waals surface area (Å²) in [6, 6.07) is 8.74. The predicted octanol–water partition coefficient (Wildman–Crippen LogP) is 8.87. The lowest BCUT2D eigenvalue weighted by molar-refractivity contribution is -0.492. The van der Waals surface area contributed by atoms with Crippen molar-refractivity contribution >= 4 is 9.84 Å². The van der Waals surface area contributed by atoms with E-state index in [1.807, 2.05) is 6.07 Å². The van der Waals surface area contributed by atoms with Crippen LogP contribution in [0.5, 0.6) is 0 Å². The summed E-state index contributed by atoms with van der Waals surface area (Å²) >= 11 is 0. The van der Waals surface area contributed by atoms with Gasteiger partial charge in [-0.3, -0.25) is 0 Å². The fourth-order valence-corrected chi connectivity index (χ4v) is 13.1. The van der Waals surface area contributed by atoms with Gasteiger partial charge in [0.2, 0.25) is 5.79 Å². The number of benzene rings is 1. The van der Waals surface area contributed by atoms with Gasteiger partial charge in [-0.1, -0.05) is 72.1 Å². The molecule has 0 spiro atoms. The van der Waals surface area contributed by atoms with E-state index in [2.05, 4.69) is 34.6 Å². The molecule has 1 heterocycles. The smallest absolute Gasteiger partial charge is 0.204 e. The average molecular weight is 615 g/mol. The topological polar surface area (TPSA) is 61.8 Å². The molecule has 5 nitrogen and oxygen atoms in total. The van der Waals surface area contributed by atoms with Crippen molar-refractivity contribution in [1.82, 2.24) is 0 Å². The van der Waals surface area contributed by atoms with Crippen LogP contribution in [0.4, 0.5) is 0 Å². The van der Waals surface area contributed by atoms with Gasteiger partial charge in [0.15, 0.2) is 9.84 Å². The fourth-order valence-electron chi connectivity index (χ4n) is 11.6. The monoisotopic (exact) mass is 614 g/mol. The van der Waals surface area contributed by atoms with Crippen molar-refractivity contribution in [3.8, 4) is 0 Å². The van der Waals surface area contributed by atoms with Crippen LogP contribution in [0.2, 0.25) is 0 Å². The Bertz CT molecular complexity index is 1220. The van der Waals surface area contributed by atoms with E-state index in [-0.39, 0.29) is 17.1 Å². The molecule has 0 amide bonds. The Morgan fingerprint density at radius 1 is 0.907 bits per heavy atom. The van der Waals surface area contributed by atoms with Gasteiger partial charge < -0.3 is 4.74 Å². The first-order valence-electron chi connectivity index (χ1n) is 17.6. The highest BCUT2D eigenvalue weighted by Gasteiger charge is 2.65. The molecule has 0 radical (unpaired) electrons. The predicted molar refractivity (Wildman–Crippen MR) is 171 cm³/mol. The lowest BCUT2D eigenvalue weighted by atomic mass is 9.43. The van der Waals surface area contributed by atoms with Gasteiger partial charge in [0.1, 0.15) is 6.10 Å². The van der Waals surface area contributed by atoms with E-state index in [4.69, 9.17) is 14.5 Å². The molecule has 6 heteroatoms. The highest BCUT2D eigenvalue weighted by molar-refractivity contribution is 7.91. The summed E-state index contributed by atoms with van der Waals surface area (Å²) in [6.07, 6.45) is 14.3. The molecule has 242 valence electrons. The Hall–Kier alpha value is -0.950. The summed E-state index contributed by atoms with van der Waals surface area (Å²) in [5.74, 6) is 4.78. The van der Waals surface area contributed by atoms with E-state index in [9.17, 15) is 8.42 Å². The van der Waals surface area contributed by atoms with Crippen LogP contribution in [0.1, 0.15) is 112 Å². The Kier molecular flexibility index (Phi) is 8.94. The number of rotatable bonds is 9. The molecule has 1 aliphatic heterocycles. The van der Waals surface area contributed by atoms with E-state index in [0.29, 0.717) is 22.6 Å². The van der Waals surface area contributed by atoms with Crippen LogP contribution >= 0.6 is 0 Å². The molecule has 4 aliphatic carbocycles. The molecule has 11 atom stereocenters. The van der Waals surface area contributed by atoms with E-state index in [0.717, 1.165) is 48.3 Å². The van der Waals surface area contributed by atoms with Crippen molar-refractivity contribution < 1.29 is 22.9 Å². The van der Waals surface area contributed by atoms with Gasteiger partial charge in [-0.05, 0) is 116 Å². The van der Waals surface area contributed by atoms with Crippen LogP contribution in [0.15, 0.2) is 35.2 Å². The van der Waals surface area contributed by atoms with Crippen LogP contribution in [0.25, 0.3) is 0 Å². The van der Waals surface area contributed by atoms with E-state index >= 15 is 0 Å². The number of hydrogen-bond donors (Lipinski definition) is 0. The van der Waals surface area contributed by atoms with Gasteiger partial charge in [-0.2, -0.15) is 0 Å². The maximum absolute atomic E-state index is 13.2. The molecule has 0 bridgehead atoms. The normalized spacial score (nSPS) is 43.4. The molecule has 1 aromatic rings. The van der Waals surface area contributed by atoms with Gasteiger partial charge >= 0.3 is 0 Å². The van der Waals surface area contributed by atoms with Crippen molar-refractivity contribution in [3.63, 3.8) is 0 Å². The Balaban J connectivity index is 1.17. The summed E-state index contributed by atoms with van der Waals surface area (Å²) in [7, 11) is -1.72. The zero-order valence-corrected chi connectivity index (χ0v) is 28.5. The lowest BCUT2D eigenvalue weighted by Gasteiger charge is -2.64. The van der Waals surface area contributed by atoms with Gasteiger partial charge in [-0.25, -0.2) is 18.2 Å². The van der Waals surface area contributed by atoms with Crippen molar-refractivity contribution in [1.29, 1.82) is 0 Å². The van der Waals surface area contributed by atoms with Crippen LogP contribution in [0.3, 0.4) is 0 Å². The second-order valence-corrected chi connectivity index (χ2v) is 18.5. The number of methoxy groups -OCH3 is 1. The molecule has 1 saturated heterocycles. The van der Waals surface area contributed by atoms with Crippen molar-refractivity contribution in [3.05, 3.63) is 30.3 Å². The molecular formula is C37H58O5S. The summed E-state index contributed by atoms with van der Waals surface area (Å²) < 4.78 is 32.6. The second-order valence-electron chi connectivity index (χ2n) is 16.4. The number of fused-ring (bicyclic) bond motifs is 6. The molecule has 6 rings (SSSR count). The number of hydrogen-bond acceptors (Lipinski definition) is 5. The first-order chi connectivity index (χ1) is 20.4. The van der Waals surface area contributed by atoms with E-state index < -0.39 is 21.7 Å². The van der Waals surface area contributed by atoms with Gasteiger partial charge in [0, 0.05) is 19.4 Å². The SMILES string of the molecule is CO[C@]12C[C@@H]3CC[C@@H]4[C@H](CC[C@]5(C)[C@@H]([C@H](C)CCCC(C)C)CC[C@@H]45)[C@@]3(C)C[C@H]1C[C@H](CS(=O)(=O)c1ccccc1)OO2. The minimum Gasteiger partial charge on any atom is -0.350 e. The molecule has 0 aromatic heterocycles. The largest absolute Gasteiger partial charge is 0.350 e. The zero-order chi connectivity index (χ0) is 30.6. The van der Waals surface area contributed by atoms with Crippen LogP contribution in [-0.4, -0.2) is 33.2 Å². The van der Waals surface area contributed by atoms with E-state index in [1.165, 1.54) is 57.8 Å². The summed E-state index contributed by atoms with van der Waals surface area (Å²) in [5.41, 5.74) is 0.729. The van der Waals surface area contributed by atoms with Crippen LogP contribution < -0.4 is 0 Å². The van der Waals surface area contributed by atoms with Crippen molar-refractivity contribution in [2.45, 2.75) is 128 Å². The van der Waals surface area contributed by atoms with Gasteiger partial charge in [0.25, 0.3) is 0 Å². The molecule has 5 fully saturated rings. The highest BCUT2D eigenvalue weighted by atomic mass is 32.2.